The fourth-order valence-corrected chi connectivity index (χ4v) is 2.22. The zero-order valence-corrected chi connectivity index (χ0v) is 12.4. The molecule has 0 radical (unpaired) electrons. The van der Waals surface area contributed by atoms with Crippen LogP contribution in [0.3, 0.4) is 0 Å². The largest absolute Gasteiger partial charge is 0.477 e. The molecular weight excluding hydrogens is 281 g/mol. The van der Waals surface area contributed by atoms with Gasteiger partial charge >= 0.3 is 0 Å². The number of aromatic nitrogens is 2. The van der Waals surface area contributed by atoms with E-state index < -0.39 is 0 Å². The molecule has 0 aromatic carbocycles. The molecule has 0 bridgehead atoms. The number of allylic oxidation sites excluding steroid dienone is 3. The smallest absolute Gasteiger partial charge is 0.171 e. The van der Waals surface area contributed by atoms with E-state index in [1.165, 1.54) is 12.3 Å². The van der Waals surface area contributed by atoms with E-state index in [2.05, 4.69) is 26.7 Å². The molecule has 5 heteroatoms. The molecule has 0 saturated heterocycles. The molecule has 1 aliphatic heterocycles. The van der Waals surface area contributed by atoms with E-state index in [9.17, 15) is 4.39 Å². The van der Waals surface area contributed by atoms with Crippen molar-refractivity contribution in [2.75, 3.05) is 20.6 Å². The van der Waals surface area contributed by atoms with Crippen molar-refractivity contribution in [3.63, 3.8) is 0 Å². The quantitative estimate of drug-likeness (QED) is 0.866. The third-order valence-corrected chi connectivity index (χ3v) is 3.15. The molecule has 1 N–H and O–H groups in total. The van der Waals surface area contributed by atoms with E-state index >= 15 is 0 Å². The Morgan fingerprint density at radius 3 is 3.05 bits per heavy atom. The standard InChI is InChI=1S/C17H16FN3O/c1-21(2)11-16-5-3-4-15(22-16)7-6-14-9-12-8-13(18)10-19-17(12)20-14/h3-5,8-10,16H,11H2,1-2H3,(H,19,20). The second kappa shape index (κ2) is 6.04. The van der Waals surface area contributed by atoms with Crippen LogP contribution in [0.5, 0.6) is 0 Å². The van der Waals surface area contributed by atoms with Crippen molar-refractivity contribution in [1.29, 1.82) is 0 Å². The SMILES string of the molecule is CN(C)CC1C=CC=C(C#Cc2cc3cc(F)cnc3[nH]2)O1. The summed E-state index contributed by atoms with van der Waals surface area (Å²) in [5, 5.41) is 0.702. The fraction of sp³-hybridized carbons (Fsp3) is 0.235. The minimum atomic E-state index is -0.360. The van der Waals surface area contributed by atoms with Crippen molar-refractivity contribution < 1.29 is 9.13 Å². The van der Waals surface area contributed by atoms with E-state index in [-0.39, 0.29) is 11.9 Å². The number of hydrogen-bond acceptors (Lipinski definition) is 3. The lowest BCUT2D eigenvalue weighted by atomic mass is 10.2. The highest BCUT2D eigenvalue weighted by Crippen LogP contribution is 2.14. The fourth-order valence-electron chi connectivity index (χ4n) is 2.22. The summed E-state index contributed by atoms with van der Waals surface area (Å²) in [6.45, 7) is 0.797. The molecule has 2 aromatic heterocycles. The number of rotatable bonds is 2. The lowest BCUT2D eigenvalue weighted by Gasteiger charge is -2.21. The zero-order chi connectivity index (χ0) is 15.5. The topological polar surface area (TPSA) is 41.2 Å². The molecule has 0 fully saturated rings. The highest BCUT2D eigenvalue weighted by Gasteiger charge is 2.11. The minimum absolute atomic E-state index is 0.00257. The Hall–Kier alpha value is -2.58. The molecule has 0 aliphatic carbocycles. The van der Waals surface area contributed by atoms with Crippen LogP contribution in [0, 0.1) is 17.7 Å². The van der Waals surface area contributed by atoms with Gasteiger partial charge in [0, 0.05) is 11.9 Å². The predicted molar refractivity (Wildman–Crippen MR) is 83.6 cm³/mol. The molecular formula is C17H16FN3O. The van der Waals surface area contributed by atoms with Crippen LogP contribution in [0.25, 0.3) is 11.0 Å². The van der Waals surface area contributed by atoms with Gasteiger partial charge in [0.05, 0.1) is 11.9 Å². The number of aromatic amines is 1. The number of pyridine rings is 1. The number of hydrogen-bond donors (Lipinski definition) is 1. The lowest BCUT2D eigenvalue weighted by Crippen LogP contribution is -2.27. The molecule has 0 amide bonds. The average Bonchev–Trinajstić information content (AvgIpc) is 2.87. The number of nitrogens with one attached hydrogen (secondary N) is 1. The summed E-state index contributed by atoms with van der Waals surface area (Å²) >= 11 is 0. The lowest BCUT2D eigenvalue weighted by molar-refractivity contribution is 0.133. The molecule has 1 atom stereocenters. The van der Waals surface area contributed by atoms with E-state index in [0.717, 1.165) is 6.54 Å². The first-order chi connectivity index (χ1) is 10.6. The Bertz CT molecular complexity index is 808. The number of H-pyrrole nitrogens is 1. The van der Waals surface area contributed by atoms with Gasteiger partial charge in [-0.3, -0.25) is 0 Å². The molecule has 112 valence electrons. The Morgan fingerprint density at radius 1 is 1.36 bits per heavy atom. The summed E-state index contributed by atoms with van der Waals surface area (Å²) in [4.78, 5) is 9.08. The average molecular weight is 297 g/mol. The van der Waals surface area contributed by atoms with Gasteiger partial charge in [-0.05, 0) is 50.2 Å². The molecule has 0 saturated carbocycles. The minimum Gasteiger partial charge on any atom is -0.477 e. The first-order valence-electron chi connectivity index (χ1n) is 6.96. The first-order valence-corrected chi connectivity index (χ1v) is 6.96. The van der Waals surface area contributed by atoms with Crippen LogP contribution in [0.2, 0.25) is 0 Å². The van der Waals surface area contributed by atoms with Crippen LogP contribution < -0.4 is 0 Å². The second-order valence-electron chi connectivity index (χ2n) is 5.36. The number of fused-ring (bicyclic) bond motifs is 1. The van der Waals surface area contributed by atoms with Gasteiger partial charge in [0.2, 0.25) is 0 Å². The molecule has 1 unspecified atom stereocenters. The van der Waals surface area contributed by atoms with Gasteiger partial charge in [-0.15, -0.1) is 0 Å². The Morgan fingerprint density at radius 2 is 2.23 bits per heavy atom. The summed E-state index contributed by atoms with van der Waals surface area (Å²) in [6.07, 6.45) is 6.96. The summed E-state index contributed by atoms with van der Waals surface area (Å²) in [6, 6.07) is 3.20. The molecule has 3 rings (SSSR count). The summed E-state index contributed by atoms with van der Waals surface area (Å²) in [5.74, 6) is 6.23. The van der Waals surface area contributed by atoms with E-state index in [1.807, 2.05) is 32.3 Å². The Labute approximate surface area is 128 Å². The monoisotopic (exact) mass is 297 g/mol. The number of likely N-dealkylation sites (N-methyl/N-ethyl adjacent to an activating group) is 1. The summed E-state index contributed by atoms with van der Waals surface area (Å²) in [7, 11) is 4.00. The van der Waals surface area contributed by atoms with Crippen LogP contribution in [-0.2, 0) is 4.74 Å². The molecule has 0 spiro atoms. The Kier molecular flexibility index (Phi) is 3.94. The number of nitrogens with zero attached hydrogens (tertiary/aromatic N) is 2. The van der Waals surface area contributed by atoms with Crippen LogP contribution in [0.4, 0.5) is 4.39 Å². The van der Waals surface area contributed by atoms with Gasteiger partial charge < -0.3 is 14.6 Å². The molecule has 1 aliphatic rings. The van der Waals surface area contributed by atoms with Crippen molar-refractivity contribution in [1.82, 2.24) is 14.9 Å². The van der Waals surface area contributed by atoms with Crippen LogP contribution in [0.1, 0.15) is 5.69 Å². The van der Waals surface area contributed by atoms with Gasteiger partial charge in [-0.25, -0.2) is 9.37 Å². The van der Waals surface area contributed by atoms with E-state index in [1.54, 1.807) is 6.07 Å². The second-order valence-corrected chi connectivity index (χ2v) is 5.36. The maximum atomic E-state index is 13.1. The summed E-state index contributed by atoms with van der Waals surface area (Å²) in [5.41, 5.74) is 1.30. The van der Waals surface area contributed by atoms with Gasteiger partial charge in [0.1, 0.15) is 17.6 Å². The molecule has 4 nitrogen and oxygen atoms in total. The third-order valence-electron chi connectivity index (χ3n) is 3.15. The zero-order valence-electron chi connectivity index (χ0n) is 12.4. The Balaban J connectivity index is 1.76. The number of halogens is 1. The maximum Gasteiger partial charge on any atom is 0.171 e. The van der Waals surface area contributed by atoms with Crippen molar-refractivity contribution in [2.45, 2.75) is 6.10 Å². The van der Waals surface area contributed by atoms with Gasteiger partial charge in [0.25, 0.3) is 0 Å². The van der Waals surface area contributed by atoms with Crippen molar-refractivity contribution in [2.24, 2.45) is 0 Å². The van der Waals surface area contributed by atoms with Gasteiger partial charge in [-0.2, -0.15) is 0 Å². The van der Waals surface area contributed by atoms with E-state index in [0.29, 0.717) is 22.5 Å². The normalized spacial score (nSPS) is 17.1. The third kappa shape index (κ3) is 3.35. The van der Waals surface area contributed by atoms with Crippen molar-refractivity contribution in [3.05, 3.63) is 53.8 Å². The van der Waals surface area contributed by atoms with Gasteiger partial charge in [0.15, 0.2) is 5.76 Å². The van der Waals surface area contributed by atoms with Gasteiger partial charge in [-0.1, -0.05) is 6.08 Å². The molecule has 3 heterocycles. The maximum absolute atomic E-state index is 13.1. The molecule has 2 aromatic rings. The van der Waals surface area contributed by atoms with Crippen LogP contribution >= 0.6 is 0 Å². The van der Waals surface area contributed by atoms with Crippen molar-refractivity contribution in [3.8, 4) is 11.8 Å². The van der Waals surface area contributed by atoms with Crippen LogP contribution in [-0.4, -0.2) is 41.6 Å². The van der Waals surface area contributed by atoms with Crippen molar-refractivity contribution >= 4 is 11.0 Å². The molecule has 22 heavy (non-hydrogen) atoms. The highest BCUT2D eigenvalue weighted by molar-refractivity contribution is 5.77. The number of ether oxygens (including phenoxy) is 1. The predicted octanol–water partition coefficient (Wildman–Crippen LogP) is 2.45. The van der Waals surface area contributed by atoms with E-state index in [4.69, 9.17) is 4.74 Å². The van der Waals surface area contributed by atoms with Crippen LogP contribution in [0.15, 0.2) is 42.3 Å². The highest BCUT2D eigenvalue weighted by atomic mass is 19.1. The first kappa shape index (κ1) is 14.4. The summed E-state index contributed by atoms with van der Waals surface area (Å²) < 4.78 is 18.9.